The van der Waals surface area contributed by atoms with Crippen LogP contribution >= 0.6 is 12.6 Å². The van der Waals surface area contributed by atoms with E-state index in [2.05, 4.69) is 12.6 Å². The van der Waals surface area contributed by atoms with Gasteiger partial charge in [-0.05, 0) is 0 Å². The SMILES string of the molecule is OC[C@H]1O[C@@H](O[C@H]2[C@H](O)[C@@H](O)C(S)O[C@@H]2CO)[C@H](O)[C@@H](O)[C@H]1O. The van der Waals surface area contributed by atoms with Crippen LogP contribution in [0.4, 0.5) is 0 Å². The number of rotatable bonds is 4. The smallest absolute Gasteiger partial charge is 0.187 e. The van der Waals surface area contributed by atoms with Crippen molar-refractivity contribution in [3.05, 3.63) is 0 Å². The second-order valence-corrected chi connectivity index (χ2v) is 6.04. The van der Waals surface area contributed by atoms with E-state index in [1.165, 1.54) is 0 Å². The largest absolute Gasteiger partial charge is 0.394 e. The fraction of sp³-hybridized carbons (Fsp3) is 1.00. The standard InChI is InChI=1S/C12H22O10S/c13-1-3-5(15)6(16)8(18)11(20-3)22-10-4(2-14)21-12(23)9(19)7(10)17/h3-19,23H,1-2H2/t3-,4-,5+,6+,7-,8-,9-,10-,11+,12?/m1/s1. The van der Waals surface area contributed by atoms with Crippen LogP contribution in [0.15, 0.2) is 0 Å². The van der Waals surface area contributed by atoms with E-state index in [-0.39, 0.29) is 0 Å². The summed E-state index contributed by atoms with van der Waals surface area (Å²) in [5.74, 6) is 0. The first-order valence-electron chi connectivity index (χ1n) is 7.08. The maximum Gasteiger partial charge on any atom is 0.187 e. The van der Waals surface area contributed by atoms with Gasteiger partial charge in [0.25, 0.3) is 0 Å². The van der Waals surface area contributed by atoms with Crippen molar-refractivity contribution in [3.63, 3.8) is 0 Å². The summed E-state index contributed by atoms with van der Waals surface area (Å²) in [6, 6.07) is 0. The summed E-state index contributed by atoms with van der Waals surface area (Å²) < 4.78 is 15.7. The highest BCUT2D eigenvalue weighted by Gasteiger charge is 2.49. The van der Waals surface area contributed by atoms with Gasteiger partial charge in [-0.25, -0.2) is 0 Å². The molecule has 2 rings (SSSR count). The Hall–Kier alpha value is -0.0500. The van der Waals surface area contributed by atoms with Gasteiger partial charge in [-0.2, -0.15) is 0 Å². The van der Waals surface area contributed by atoms with E-state index in [9.17, 15) is 30.6 Å². The van der Waals surface area contributed by atoms with Crippen LogP contribution in [0.5, 0.6) is 0 Å². The van der Waals surface area contributed by atoms with E-state index in [0.717, 1.165) is 0 Å². The molecule has 0 aromatic heterocycles. The molecule has 10 nitrogen and oxygen atoms in total. The molecule has 2 saturated heterocycles. The van der Waals surface area contributed by atoms with Crippen molar-refractivity contribution in [2.45, 2.75) is 60.6 Å². The number of thiol groups is 1. The third-order valence-electron chi connectivity index (χ3n) is 3.98. The molecule has 0 spiro atoms. The predicted molar refractivity (Wildman–Crippen MR) is 75.4 cm³/mol. The van der Waals surface area contributed by atoms with Crippen LogP contribution in [0.1, 0.15) is 0 Å². The zero-order chi connectivity index (χ0) is 17.3. The Kier molecular flexibility index (Phi) is 6.61. The Morgan fingerprint density at radius 3 is 1.91 bits per heavy atom. The molecule has 7 N–H and O–H groups in total. The summed E-state index contributed by atoms with van der Waals surface area (Å²) >= 11 is 3.92. The van der Waals surface area contributed by atoms with Crippen LogP contribution in [0, 0.1) is 0 Å². The molecule has 10 atom stereocenters. The molecule has 0 amide bonds. The first kappa shape index (κ1) is 19.3. The van der Waals surface area contributed by atoms with Gasteiger partial charge in [0, 0.05) is 0 Å². The molecule has 1 unspecified atom stereocenters. The summed E-state index contributed by atoms with van der Waals surface area (Å²) in [7, 11) is 0. The van der Waals surface area contributed by atoms with E-state index < -0.39 is 73.8 Å². The van der Waals surface area contributed by atoms with Crippen molar-refractivity contribution in [1.29, 1.82) is 0 Å². The Bertz CT molecular complexity index is 383. The average molecular weight is 358 g/mol. The third-order valence-corrected chi connectivity index (χ3v) is 4.41. The number of aliphatic hydroxyl groups excluding tert-OH is 7. The van der Waals surface area contributed by atoms with Gasteiger partial charge >= 0.3 is 0 Å². The Morgan fingerprint density at radius 1 is 0.739 bits per heavy atom. The van der Waals surface area contributed by atoms with Gasteiger partial charge in [0.2, 0.25) is 0 Å². The zero-order valence-electron chi connectivity index (χ0n) is 12.0. The molecule has 0 aliphatic carbocycles. The van der Waals surface area contributed by atoms with Crippen molar-refractivity contribution >= 4 is 12.6 Å². The van der Waals surface area contributed by atoms with E-state index in [4.69, 9.17) is 19.3 Å². The number of ether oxygens (including phenoxy) is 3. The molecule has 2 aliphatic rings. The van der Waals surface area contributed by atoms with E-state index in [0.29, 0.717) is 0 Å². The van der Waals surface area contributed by atoms with Gasteiger partial charge < -0.3 is 50.0 Å². The summed E-state index contributed by atoms with van der Waals surface area (Å²) in [6.07, 6.45) is -12.9. The van der Waals surface area contributed by atoms with E-state index >= 15 is 0 Å². The zero-order valence-corrected chi connectivity index (χ0v) is 12.9. The topological polar surface area (TPSA) is 169 Å². The van der Waals surface area contributed by atoms with Gasteiger partial charge in [0.1, 0.15) is 54.3 Å². The Morgan fingerprint density at radius 2 is 1.35 bits per heavy atom. The maximum atomic E-state index is 10.1. The lowest BCUT2D eigenvalue weighted by Crippen LogP contribution is -2.63. The molecule has 11 heteroatoms. The van der Waals surface area contributed by atoms with Crippen molar-refractivity contribution < 1.29 is 50.0 Å². The highest BCUT2D eigenvalue weighted by atomic mass is 32.1. The minimum Gasteiger partial charge on any atom is -0.394 e. The van der Waals surface area contributed by atoms with Gasteiger partial charge in [-0.15, -0.1) is 12.6 Å². The maximum absolute atomic E-state index is 10.1. The lowest BCUT2D eigenvalue weighted by Gasteiger charge is -2.45. The van der Waals surface area contributed by atoms with Crippen molar-refractivity contribution in [2.75, 3.05) is 13.2 Å². The second-order valence-electron chi connectivity index (χ2n) is 5.53. The lowest BCUT2D eigenvalue weighted by atomic mass is 9.97. The van der Waals surface area contributed by atoms with Crippen molar-refractivity contribution in [1.82, 2.24) is 0 Å². The Labute approximate surface area is 137 Å². The van der Waals surface area contributed by atoms with Crippen LogP contribution < -0.4 is 0 Å². The number of hydrogen-bond donors (Lipinski definition) is 8. The molecule has 0 bridgehead atoms. The van der Waals surface area contributed by atoms with Gasteiger partial charge in [-0.1, -0.05) is 0 Å². The average Bonchev–Trinajstić information content (AvgIpc) is 2.55. The summed E-state index contributed by atoms with van der Waals surface area (Å²) in [6.45, 7) is -1.21. The summed E-state index contributed by atoms with van der Waals surface area (Å²) in [5.41, 5.74) is -1.04. The van der Waals surface area contributed by atoms with Gasteiger partial charge in [0.15, 0.2) is 6.29 Å². The summed E-state index contributed by atoms with van der Waals surface area (Å²) in [4.78, 5) is 0. The number of aliphatic hydroxyl groups is 7. The molecule has 23 heavy (non-hydrogen) atoms. The Balaban J connectivity index is 2.11. The highest BCUT2D eigenvalue weighted by molar-refractivity contribution is 7.80. The quantitative estimate of drug-likeness (QED) is 0.229. The molecule has 0 radical (unpaired) electrons. The van der Waals surface area contributed by atoms with E-state index in [1.807, 2.05) is 0 Å². The van der Waals surface area contributed by atoms with Gasteiger partial charge in [0.05, 0.1) is 13.2 Å². The molecule has 0 saturated carbocycles. The molecule has 2 aliphatic heterocycles. The molecule has 0 aromatic rings. The highest BCUT2D eigenvalue weighted by Crippen LogP contribution is 2.29. The molecule has 2 fully saturated rings. The minimum atomic E-state index is -1.68. The van der Waals surface area contributed by atoms with Crippen molar-refractivity contribution in [2.24, 2.45) is 0 Å². The van der Waals surface area contributed by atoms with Crippen LogP contribution in [0.2, 0.25) is 0 Å². The van der Waals surface area contributed by atoms with E-state index in [1.54, 1.807) is 0 Å². The molecule has 0 aromatic carbocycles. The van der Waals surface area contributed by atoms with Gasteiger partial charge in [-0.3, -0.25) is 0 Å². The third kappa shape index (κ3) is 3.80. The fourth-order valence-corrected chi connectivity index (χ4v) is 2.90. The van der Waals surface area contributed by atoms with Crippen LogP contribution in [-0.2, 0) is 14.2 Å². The summed E-state index contributed by atoms with van der Waals surface area (Å²) in [5, 5.41) is 67.6. The van der Waals surface area contributed by atoms with Crippen molar-refractivity contribution in [3.8, 4) is 0 Å². The predicted octanol–water partition coefficient (Wildman–Crippen LogP) is -4.46. The monoisotopic (exact) mass is 358 g/mol. The van der Waals surface area contributed by atoms with Crippen LogP contribution in [0.25, 0.3) is 0 Å². The molecular weight excluding hydrogens is 336 g/mol. The number of hydrogen-bond acceptors (Lipinski definition) is 11. The first-order chi connectivity index (χ1) is 10.8. The first-order valence-corrected chi connectivity index (χ1v) is 7.60. The lowest BCUT2D eigenvalue weighted by molar-refractivity contribution is -0.338. The normalized spacial score (nSPS) is 51.7. The minimum absolute atomic E-state index is 0.567. The molecule has 136 valence electrons. The molecular formula is C12H22O10S. The van der Waals surface area contributed by atoms with Crippen LogP contribution in [0.3, 0.4) is 0 Å². The fourth-order valence-electron chi connectivity index (χ4n) is 2.57. The second kappa shape index (κ2) is 7.89. The molecule has 2 heterocycles. The van der Waals surface area contributed by atoms with Crippen LogP contribution in [-0.4, -0.2) is 110 Å².